The Balaban J connectivity index is 2.92. The molecule has 0 aliphatic carbocycles. The predicted octanol–water partition coefficient (Wildman–Crippen LogP) is 2.70. The van der Waals surface area contributed by atoms with Gasteiger partial charge in [0.2, 0.25) is 11.8 Å². The van der Waals surface area contributed by atoms with Gasteiger partial charge in [-0.1, -0.05) is 32.0 Å². The minimum Gasteiger partial charge on any atom is -0.405 e. The van der Waals surface area contributed by atoms with Crippen molar-refractivity contribution in [2.24, 2.45) is 5.92 Å². The number of benzene rings is 1. The molecule has 0 fully saturated rings. The molecule has 0 bridgehead atoms. The molecule has 0 spiro atoms. The summed E-state index contributed by atoms with van der Waals surface area (Å²) in [5.74, 6) is -1.26. The van der Waals surface area contributed by atoms with Crippen LogP contribution in [0.5, 0.6) is 5.75 Å². The third-order valence-corrected chi connectivity index (χ3v) is 3.27. The summed E-state index contributed by atoms with van der Waals surface area (Å²) in [5.41, 5.74) is 0.219. The van der Waals surface area contributed by atoms with Crippen LogP contribution in [0.1, 0.15) is 26.3 Å². The maximum absolute atomic E-state index is 12.5. The van der Waals surface area contributed by atoms with Gasteiger partial charge < -0.3 is 15.0 Å². The second-order valence-corrected chi connectivity index (χ2v) is 5.77. The third-order valence-electron chi connectivity index (χ3n) is 3.27. The van der Waals surface area contributed by atoms with Crippen LogP contribution in [0.15, 0.2) is 24.3 Å². The van der Waals surface area contributed by atoms with Gasteiger partial charge in [-0.3, -0.25) is 9.59 Å². The van der Waals surface area contributed by atoms with E-state index in [4.69, 9.17) is 0 Å². The molecule has 5 nitrogen and oxygen atoms in total. The average molecular weight is 346 g/mol. The molecule has 134 valence electrons. The second-order valence-electron chi connectivity index (χ2n) is 5.77. The maximum atomic E-state index is 12.5. The summed E-state index contributed by atoms with van der Waals surface area (Å²) in [4.78, 5) is 25.0. The van der Waals surface area contributed by atoms with E-state index in [9.17, 15) is 22.8 Å². The second kappa shape index (κ2) is 8.03. The Morgan fingerprint density at radius 3 is 2.33 bits per heavy atom. The lowest BCUT2D eigenvalue weighted by Gasteiger charge is -2.27. The Hall–Kier alpha value is -2.25. The van der Waals surface area contributed by atoms with Crippen LogP contribution < -0.4 is 10.1 Å². The van der Waals surface area contributed by atoms with E-state index in [0.29, 0.717) is 0 Å². The lowest BCUT2D eigenvalue weighted by atomic mass is 10.0. The summed E-state index contributed by atoms with van der Waals surface area (Å²) in [6.45, 7) is 4.77. The van der Waals surface area contributed by atoms with Crippen LogP contribution >= 0.6 is 0 Å². The van der Waals surface area contributed by atoms with Crippen molar-refractivity contribution in [3.8, 4) is 5.75 Å². The topological polar surface area (TPSA) is 58.6 Å². The van der Waals surface area contributed by atoms with Crippen molar-refractivity contribution in [1.29, 1.82) is 0 Å². The Morgan fingerprint density at radius 1 is 1.25 bits per heavy atom. The van der Waals surface area contributed by atoms with Crippen molar-refractivity contribution in [1.82, 2.24) is 10.2 Å². The van der Waals surface area contributed by atoms with E-state index >= 15 is 0 Å². The minimum absolute atomic E-state index is 0.0755. The maximum Gasteiger partial charge on any atom is 0.573 e. The Bertz CT molecular complexity index is 588. The minimum atomic E-state index is -4.81. The van der Waals surface area contributed by atoms with Crippen molar-refractivity contribution in [2.75, 3.05) is 7.05 Å². The number of nitrogens with one attached hydrogen (secondary N) is 1. The number of alkyl halides is 3. The van der Waals surface area contributed by atoms with Crippen LogP contribution in [0.2, 0.25) is 0 Å². The highest BCUT2D eigenvalue weighted by atomic mass is 19.4. The Labute approximate surface area is 138 Å². The standard InChI is InChI=1S/C16H21F3N2O3/c1-10(2)14(20-11(3)22)15(23)21(4)9-12-7-5-6-8-13(12)24-16(17,18)19/h5-8,10,14H,9H2,1-4H3,(H,20,22). The number of rotatable bonds is 6. The summed E-state index contributed by atoms with van der Waals surface area (Å²) in [6.07, 6.45) is -4.81. The lowest BCUT2D eigenvalue weighted by Crippen LogP contribution is -2.49. The normalized spacial score (nSPS) is 12.7. The molecular formula is C16H21F3N2O3. The number of carbonyl (C=O) groups excluding carboxylic acids is 2. The molecule has 0 aliphatic heterocycles. The van der Waals surface area contributed by atoms with Crippen molar-refractivity contribution in [3.05, 3.63) is 29.8 Å². The van der Waals surface area contributed by atoms with Crippen molar-refractivity contribution >= 4 is 11.8 Å². The van der Waals surface area contributed by atoms with Gasteiger partial charge in [0.25, 0.3) is 0 Å². The zero-order valence-corrected chi connectivity index (χ0v) is 14.0. The zero-order valence-electron chi connectivity index (χ0n) is 14.0. The summed E-state index contributed by atoms with van der Waals surface area (Å²) in [7, 11) is 1.46. The fourth-order valence-electron chi connectivity index (χ4n) is 2.16. The number of hydrogen-bond donors (Lipinski definition) is 1. The number of halogens is 3. The van der Waals surface area contributed by atoms with Gasteiger partial charge in [-0.05, 0) is 12.0 Å². The van der Waals surface area contributed by atoms with Gasteiger partial charge in [-0.25, -0.2) is 0 Å². The average Bonchev–Trinajstić information content (AvgIpc) is 2.44. The molecule has 24 heavy (non-hydrogen) atoms. The van der Waals surface area contributed by atoms with Crippen LogP contribution in [0, 0.1) is 5.92 Å². The summed E-state index contributed by atoms with van der Waals surface area (Å²) >= 11 is 0. The van der Waals surface area contributed by atoms with E-state index in [-0.39, 0.29) is 35.6 Å². The largest absolute Gasteiger partial charge is 0.573 e. The van der Waals surface area contributed by atoms with Gasteiger partial charge in [0, 0.05) is 26.1 Å². The van der Waals surface area contributed by atoms with Crippen LogP contribution in [0.4, 0.5) is 13.2 Å². The molecule has 0 saturated carbocycles. The lowest BCUT2D eigenvalue weighted by molar-refractivity contribution is -0.275. The molecular weight excluding hydrogens is 325 g/mol. The number of likely N-dealkylation sites (N-methyl/N-ethyl adjacent to an activating group) is 1. The SMILES string of the molecule is CC(=O)NC(C(=O)N(C)Cc1ccccc1OC(F)(F)F)C(C)C. The molecule has 2 amide bonds. The summed E-state index contributed by atoms with van der Waals surface area (Å²) < 4.78 is 41.3. The molecule has 0 aliphatic rings. The van der Waals surface area contributed by atoms with Gasteiger partial charge in [-0.2, -0.15) is 0 Å². The first-order valence-corrected chi connectivity index (χ1v) is 7.37. The molecule has 1 aromatic carbocycles. The molecule has 1 rings (SSSR count). The smallest absolute Gasteiger partial charge is 0.405 e. The summed E-state index contributed by atoms with van der Waals surface area (Å²) in [6, 6.07) is 4.87. The van der Waals surface area contributed by atoms with Crippen molar-refractivity contribution in [3.63, 3.8) is 0 Å². The molecule has 0 radical (unpaired) electrons. The van der Waals surface area contributed by atoms with Crippen molar-refractivity contribution in [2.45, 2.75) is 39.7 Å². The molecule has 0 saturated heterocycles. The van der Waals surface area contributed by atoms with E-state index in [1.165, 1.54) is 37.1 Å². The fraction of sp³-hybridized carbons (Fsp3) is 0.500. The highest BCUT2D eigenvalue weighted by molar-refractivity contribution is 5.87. The first kappa shape index (κ1) is 19.8. The van der Waals surface area contributed by atoms with Gasteiger partial charge in [0.15, 0.2) is 0 Å². The number of ether oxygens (including phenoxy) is 1. The first-order valence-electron chi connectivity index (χ1n) is 7.37. The Morgan fingerprint density at radius 2 is 1.83 bits per heavy atom. The highest BCUT2D eigenvalue weighted by Crippen LogP contribution is 2.27. The number of carbonyl (C=O) groups is 2. The van der Waals surface area contributed by atoms with Crippen LogP contribution in [0.25, 0.3) is 0 Å². The summed E-state index contributed by atoms with van der Waals surface area (Å²) in [5, 5.41) is 2.56. The number of amides is 2. The molecule has 1 atom stereocenters. The van der Waals surface area contributed by atoms with E-state index in [2.05, 4.69) is 10.1 Å². The molecule has 8 heteroatoms. The molecule has 1 N–H and O–H groups in total. The highest BCUT2D eigenvalue weighted by Gasteiger charge is 2.32. The van der Waals surface area contributed by atoms with Crippen LogP contribution in [0.3, 0.4) is 0 Å². The van der Waals surface area contributed by atoms with Crippen LogP contribution in [-0.4, -0.2) is 36.2 Å². The number of para-hydroxylation sites is 1. The van der Waals surface area contributed by atoms with Gasteiger partial charge in [-0.15, -0.1) is 13.2 Å². The van der Waals surface area contributed by atoms with Gasteiger partial charge in [0.1, 0.15) is 11.8 Å². The van der Waals surface area contributed by atoms with E-state index < -0.39 is 12.4 Å². The zero-order chi connectivity index (χ0) is 18.5. The van der Waals surface area contributed by atoms with Crippen LogP contribution in [-0.2, 0) is 16.1 Å². The van der Waals surface area contributed by atoms with Gasteiger partial charge >= 0.3 is 6.36 Å². The van der Waals surface area contributed by atoms with Gasteiger partial charge in [0.05, 0.1) is 0 Å². The third kappa shape index (κ3) is 6.10. The predicted molar refractivity (Wildman–Crippen MR) is 82.0 cm³/mol. The molecule has 1 aromatic rings. The fourth-order valence-corrected chi connectivity index (χ4v) is 2.16. The molecule has 1 unspecified atom stereocenters. The monoisotopic (exact) mass is 346 g/mol. The number of nitrogens with zero attached hydrogens (tertiary/aromatic N) is 1. The first-order chi connectivity index (χ1) is 11.0. The molecule has 0 heterocycles. The molecule has 0 aromatic heterocycles. The van der Waals surface area contributed by atoms with E-state index in [1.807, 2.05) is 0 Å². The number of hydrogen-bond acceptors (Lipinski definition) is 3. The van der Waals surface area contributed by atoms with E-state index in [1.54, 1.807) is 19.9 Å². The van der Waals surface area contributed by atoms with Crippen molar-refractivity contribution < 1.29 is 27.5 Å². The Kier molecular flexibility index (Phi) is 6.62. The van der Waals surface area contributed by atoms with E-state index in [0.717, 1.165) is 0 Å². The quantitative estimate of drug-likeness (QED) is 0.862.